The van der Waals surface area contributed by atoms with E-state index in [-0.39, 0.29) is 5.82 Å². The van der Waals surface area contributed by atoms with Gasteiger partial charge in [0.1, 0.15) is 22.9 Å². The van der Waals surface area contributed by atoms with Crippen LogP contribution in [0.5, 0.6) is 0 Å². The molecular formula is C16H18FNO3. The van der Waals surface area contributed by atoms with E-state index in [4.69, 9.17) is 4.42 Å². The first kappa shape index (κ1) is 15.3. The van der Waals surface area contributed by atoms with Crippen molar-refractivity contribution >= 4 is 5.97 Å². The molecule has 5 heteroatoms. The number of esters is 1. The van der Waals surface area contributed by atoms with Crippen molar-refractivity contribution in [1.29, 1.82) is 0 Å². The number of methoxy groups -OCH3 is 1. The lowest BCUT2D eigenvalue weighted by molar-refractivity contribution is 0.0599. The van der Waals surface area contributed by atoms with Crippen LogP contribution in [0, 0.1) is 12.7 Å². The Bertz CT molecular complexity index is 604. The van der Waals surface area contributed by atoms with E-state index < -0.39 is 5.97 Å². The number of hydrogen-bond acceptors (Lipinski definition) is 4. The molecule has 1 aromatic carbocycles. The van der Waals surface area contributed by atoms with E-state index in [2.05, 4.69) is 10.1 Å². The van der Waals surface area contributed by atoms with Gasteiger partial charge in [0.2, 0.25) is 0 Å². The Morgan fingerprint density at radius 2 is 2.05 bits per heavy atom. The van der Waals surface area contributed by atoms with Crippen LogP contribution in [0.3, 0.4) is 0 Å². The molecule has 21 heavy (non-hydrogen) atoms. The minimum Gasteiger partial charge on any atom is -0.465 e. The van der Waals surface area contributed by atoms with Crippen LogP contribution in [-0.4, -0.2) is 19.6 Å². The second-order valence-electron chi connectivity index (χ2n) is 4.73. The molecule has 4 nitrogen and oxygen atoms in total. The summed E-state index contributed by atoms with van der Waals surface area (Å²) in [7, 11) is 1.34. The zero-order chi connectivity index (χ0) is 15.2. The molecule has 2 rings (SSSR count). The third-order valence-electron chi connectivity index (χ3n) is 3.18. The molecule has 1 heterocycles. The topological polar surface area (TPSA) is 51.5 Å². The second kappa shape index (κ2) is 7.04. The van der Waals surface area contributed by atoms with E-state index in [1.54, 1.807) is 25.1 Å². The smallest absolute Gasteiger partial charge is 0.341 e. The SMILES string of the molecule is COC(=O)c1cc(CNCCc2ccc(F)cc2)oc1C. The van der Waals surface area contributed by atoms with Crippen LogP contribution < -0.4 is 5.32 Å². The van der Waals surface area contributed by atoms with Crippen molar-refractivity contribution in [3.8, 4) is 0 Å². The summed E-state index contributed by atoms with van der Waals surface area (Å²) in [6.45, 7) is 2.99. The fourth-order valence-electron chi connectivity index (χ4n) is 2.04. The zero-order valence-electron chi connectivity index (χ0n) is 12.1. The third kappa shape index (κ3) is 4.16. The summed E-state index contributed by atoms with van der Waals surface area (Å²) < 4.78 is 22.9. The standard InChI is InChI=1S/C16H18FNO3/c1-11-15(16(19)20-2)9-14(21-11)10-18-8-7-12-3-5-13(17)6-4-12/h3-6,9,18H,7-8,10H2,1-2H3. The first-order valence-electron chi connectivity index (χ1n) is 6.73. The lowest BCUT2D eigenvalue weighted by Gasteiger charge is -2.03. The highest BCUT2D eigenvalue weighted by Crippen LogP contribution is 2.15. The number of benzene rings is 1. The van der Waals surface area contributed by atoms with Gasteiger partial charge < -0.3 is 14.5 Å². The molecule has 112 valence electrons. The highest BCUT2D eigenvalue weighted by molar-refractivity contribution is 5.90. The summed E-state index contributed by atoms with van der Waals surface area (Å²) in [5, 5.41) is 3.22. The lowest BCUT2D eigenvalue weighted by atomic mass is 10.1. The van der Waals surface area contributed by atoms with Crippen LogP contribution in [0.1, 0.15) is 27.4 Å². The Kier molecular flexibility index (Phi) is 5.11. The van der Waals surface area contributed by atoms with E-state index in [0.717, 1.165) is 18.5 Å². The molecule has 0 unspecified atom stereocenters. The number of carbonyl (C=O) groups excluding carboxylic acids is 1. The molecular weight excluding hydrogens is 273 g/mol. The van der Waals surface area contributed by atoms with Crippen LogP contribution in [0.4, 0.5) is 4.39 Å². The van der Waals surface area contributed by atoms with E-state index in [9.17, 15) is 9.18 Å². The fourth-order valence-corrected chi connectivity index (χ4v) is 2.04. The van der Waals surface area contributed by atoms with Crippen molar-refractivity contribution in [3.63, 3.8) is 0 Å². The number of furan rings is 1. The van der Waals surface area contributed by atoms with Crippen molar-refractivity contribution in [2.75, 3.05) is 13.7 Å². The molecule has 1 N–H and O–H groups in total. The zero-order valence-corrected chi connectivity index (χ0v) is 12.1. The maximum Gasteiger partial charge on any atom is 0.341 e. The molecule has 0 atom stereocenters. The second-order valence-corrected chi connectivity index (χ2v) is 4.73. The van der Waals surface area contributed by atoms with Gasteiger partial charge in [-0.05, 0) is 43.7 Å². The van der Waals surface area contributed by atoms with Crippen LogP contribution >= 0.6 is 0 Å². The van der Waals surface area contributed by atoms with Gasteiger partial charge in [-0.25, -0.2) is 9.18 Å². The predicted molar refractivity (Wildman–Crippen MR) is 76.6 cm³/mol. The largest absolute Gasteiger partial charge is 0.465 e. The summed E-state index contributed by atoms with van der Waals surface area (Å²) in [6, 6.07) is 8.13. The Labute approximate surface area is 122 Å². The first-order valence-corrected chi connectivity index (χ1v) is 6.73. The van der Waals surface area contributed by atoms with Crippen molar-refractivity contribution in [3.05, 3.63) is 58.8 Å². The Morgan fingerprint density at radius 1 is 1.33 bits per heavy atom. The van der Waals surface area contributed by atoms with E-state index >= 15 is 0 Å². The van der Waals surface area contributed by atoms with Gasteiger partial charge >= 0.3 is 5.97 Å². The Morgan fingerprint density at radius 3 is 2.71 bits per heavy atom. The van der Waals surface area contributed by atoms with E-state index in [0.29, 0.717) is 23.6 Å². The summed E-state index contributed by atoms with van der Waals surface area (Å²) in [6.07, 6.45) is 0.795. The molecule has 0 amide bonds. The predicted octanol–water partition coefficient (Wildman–Crippen LogP) is 2.85. The normalized spacial score (nSPS) is 10.6. The molecule has 0 saturated heterocycles. The van der Waals surface area contributed by atoms with Crippen molar-refractivity contribution in [1.82, 2.24) is 5.32 Å². The number of nitrogens with one attached hydrogen (secondary N) is 1. The molecule has 0 radical (unpaired) electrons. The molecule has 0 aliphatic rings. The Balaban J connectivity index is 1.81. The van der Waals surface area contributed by atoms with Gasteiger partial charge in [-0.3, -0.25) is 0 Å². The van der Waals surface area contributed by atoms with Crippen LogP contribution in [0.15, 0.2) is 34.7 Å². The van der Waals surface area contributed by atoms with Crippen molar-refractivity contribution < 1.29 is 18.3 Å². The molecule has 1 aromatic heterocycles. The van der Waals surface area contributed by atoms with Crippen LogP contribution in [0.25, 0.3) is 0 Å². The van der Waals surface area contributed by atoms with Crippen molar-refractivity contribution in [2.24, 2.45) is 0 Å². The highest BCUT2D eigenvalue weighted by atomic mass is 19.1. The number of aryl methyl sites for hydroxylation is 1. The summed E-state index contributed by atoms with van der Waals surface area (Å²) >= 11 is 0. The molecule has 0 spiro atoms. The molecule has 0 saturated carbocycles. The average Bonchev–Trinajstić information content (AvgIpc) is 2.85. The molecule has 0 aliphatic carbocycles. The van der Waals surface area contributed by atoms with Gasteiger partial charge in [0, 0.05) is 0 Å². The number of rotatable bonds is 6. The van der Waals surface area contributed by atoms with Crippen molar-refractivity contribution in [2.45, 2.75) is 19.9 Å². The number of halogens is 1. The lowest BCUT2D eigenvalue weighted by Crippen LogP contribution is -2.16. The molecule has 0 aliphatic heterocycles. The number of ether oxygens (including phenoxy) is 1. The number of hydrogen-bond donors (Lipinski definition) is 1. The third-order valence-corrected chi connectivity index (χ3v) is 3.18. The highest BCUT2D eigenvalue weighted by Gasteiger charge is 2.14. The van der Waals surface area contributed by atoms with Gasteiger partial charge in [0.05, 0.1) is 13.7 Å². The van der Waals surface area contributed by atoms with Crippen LogP contribution in [-0.2, 0) is 17.7 Å². The fraction of sp³-hybridized carbons (Fsp3) is 0.312. The first-order chi connectivity index (χ1) is 10.1. The maximum absolute atomic E-state index is 12.8. The number of carbonyl (C=O) groups is 1. The molecule has 0 bridgehead atoms. The Hall–Kier alpha value is -2.14. The summed E-state index contributed by atoms with van der Waals surface area (Å²) in [4.78, 5) is 11.5. The monoisotopic (exact) mass is 291 g/mol. The quantitative estimate of drug-likeness (QED) is 0.657. The maximum atomic E-state index is 12.8. The van der Waals surface area contributed by atoms with Gasteiger partial charge in [0.25, 0.3) is 0 Å². The summed E-state index contributed by atoms with van der Waals surface area (Å²) in [5.74, 6) is 0.617. The summed E-state index contributed by atoms with van der Waals surface area (Å²) in [5.41, 5.74) is 1.52. The van der Waals surface area contributed by atoms with Crippen LogP contribution in [0.2, 0.25) is 0 Å². The molecule has 2 aromatic rings. The van der Waals surface area contributed by atoms with E-state index in [1.165, 1.54) is 19.2 Å². The van der Waals surface area contributed by atoms with Gasteiger partial charge in [-0.15, -0.1) is 0 Å². The van der Waals surface area contributed by atoms with Gasteiger partial charge in [0.15, 0.2) is 0 Å². The molecule has 0 fully saturated rings. The average molecular weight is 291 g/mol. The minimum atomic E-state index is -0.395. The van der Waals surface area contributed by atoms with E-state index in [1.807, 2.05) is 0 Å². The van der Waals surface area contributed by atoms with Gasteiger partial charge in [-0.2, -0.15) is 0 Å². The minimum absolute atomic E-state index is 0.229. The van der Waals surface area contributed by atoms with Gasteiger partial charge in [-0.1, -0.05) is 12.1 Å².